The number of likely N-dealkylation sites (tertiary alicyclic amines) is 1. The highest BCUT2D eigenvalue weighted by atomic mass is 16.3. The van der Waals surface area contributed by atoms with E-state index in [4.69, 9.17) is 0 Å². The maximum Gasteiger partial charge on any atom is 0.119 e. The Bertz CT molecular complexity index is 514. The van der Waals surface area contributed by atoms with Crippen LogP contribution in [0.5, 0.6) is 5.75 Å². The van der Waals surface area contributed by atoms with E-state index in [1.807, 2.05) is 12.4 Å². The number of imidazole rings is 1. The van der Waals surface area contributed by atoms with E-state index in [1.54, 1.807) is 12.1 Å². The molecule has 1 aliphatic rings. The first-order chi connectivity index (χ1) is 8.33. The molecule has 0 aromatic carbocycles. The maximum atomic E-state index is 9.39. The van der Waals surface area contributed by atoms with Gasteiger partial charge in [-0.1, -0.05) is 0 Å². The molecule has 0 aliphatic carbocycles. The van der Waals surface area contributed by atoms with Crippen molar-refractivity contribution in [3.63, 3.8) is 0 Å². The Morgan fingerprint density at radius 2 is 2.12 bits per heavy atom. The third kappa shape index (κ3) is 2.13. The fraction of sp³-hybridized carbons (Fsp3) is 0.462. The predicted octanol–water partition coefficient (Wildman–Crippen LogP) is 1.68. The van der Waals surface area contributed by atoms with E-state index in [2.05, 4.69) is 14.3 Å². The van der Waals surface area contributed by atoms with Crippen molar-refractivity contribution in [2.24, 2.45) is 0 Å². The Morgan fingerprint density at radius 3 is 2.94 bits per heavy atom. The minimum atomic E-state index is 0.295. The first kappa shape index (κ1) is 10.6. The first-order valence-electron chi connectivity index (χ1n) is 6.20. The van der Waals surface area contributed by atoms with E-state index in [9.17, 15) is 5.11 Å². The van der Waals surface area contributed by atoms with Crippen molar-refractivity contribution < 1.29 is 5.11 Å². The molecule has 17 heavy (non-hydrogen) atoms. The zero-order valence-corrected chi connectivity index (χ0v) is 9.84. The summed E-state index contributed by atoms with van der Waals surface area (Å²) in [7, 11) is 0. The molecule has 3 heterocycles. The van der Waals surface area contributed by atoms with Gasteiger partial charge >= 0.3 is 0 Å². The van der Waals surface area contributed by atoms with Crippen molar-refractivity contribution in [1.29, 1.82) is 0 Å². The third-order valence-electron chi connectivity index (χ3n) is 3.44. The summed E-state index contributed by atoms with van der Waals surface area (Å²) in [6.07, 6.45) is 7.33. The summed E-state index contributed by atoms with van der Waals surface area (Å²) in [6.45, 7) is 3.54. The Kier molecular flexibility index (Phi) is 2.73. The fourth-order valence-electron chi connectivity index (χ4n) is 2.49. The number of nitrogens with zero attached hydrogens (tertiary/aromatic N) is 3. The van der Waals surface area contributed by atoms with Gasteiger partial charge in [-0.3, -0.25) is 0 Å². The van der Waals surface area contributed by atoms with Crippen LogP contribution < -0.4 is 0 Å². The summed E-state index contributed by atoms with van der Waals surface area (Å²) < 4.78 is 2.05. The summed E-state index contributed by atoms with van der Waals surface area (Å²) in [5.41, 5.74) is 0.960. The van der Waals surface area contributed by atoms with Crippen molar-refractivity contribution in [3.05, 3.63) is 30.4 Å². The number of aromatic nitrogens is 2. The molecule has 1 N–H and O–H groups in total. The monoisotopic (exact) mass is 231 g/mol. The summed E-state index contributed by atoms with van der Waals surface area (Å²) >= 11 is 0. The summed E-state index contributed by atoms with van der Waals surface area (Å²) in [6, 6.07) is 3.44. The van der Waals surface area contributed by atoms with Crippen LogP contribution in [0.15, 0.2) is 24.5 Å². The predicted molar refractivity (Wildman–Crippen MR) is 66.2 cm³/mol. The van der Waals surface area contributed by atoms with Gasteiger partial charge in [0, 0.05) is 25.2 Å². The highest BCUT2D eigenvalue weighted by molar-refractivity contribution is 5.50. The van der Waals surface area contributed by atoms with E-state index in [0.29, 0.717) is 5.75 Å². The normalized spacial score (nSPS) is 16.9. The van der Waals surface area contributed by atoms with Crippen LogP contribution in [0.1, 0.15) is 18.7 Å². The molecule has 1 saturated heterocycles. The van der Waals surface area contributed by atoms with Crippen molar-refractivity contribution in [1.82, 2.24) is 14.3 Å². The second-order valence-electron chi connectivity index (χ2n) is 4.65. The van der Waals surface area contributed by atoms with E-state index in [0.717, 1.165) is 24.3 Å². The Labute approximate surface area is 101 Å². The number of rotatable bonds is 3. The Morgan fingerprint density at radius 1 is 1.29 bits per heavy atom. The second-order valence-corrected chi connectivity index (χ2v) is 4.65. The molecule has 0 saturated carbocycles. The van der Waals surface area contributed by atoms with E-state index >= 15 is 0 Å². The molecule has 0 bridgehead atoms. The summed E-state index contributed by atoms with van der Waals surface area (Å²) in [4.78, 5) is 6.91. The largest absolute Gasteiger partial charge is 0.508 e. The summed E-state index contributed by atoms with van der Waals surface area (Å²) in [5.74, 6) is 1.37. The molecule has 2 aromatic rings. The van der Waals surface area contributed by atoms with Crippen LogP contribution in [0.25, 0.3) is 5.52 Å². The third-order valence-corrected chi connectivity index (χ3v) is 3.44. The van der Waals surface area contributed by atoms with Crippen LogP contribution in [-0.2, 0) is 6.42 Å². The molecule has 3 rings (SSSR count). The number of pyridine rings is 1. The lowest BCUT2D eigenvalue weighted by Crippen LogP contribution is -2.22. The minimum absolute atomic E-state index is 0.295. The maximum absolute atomic E-state index is 9.39. The zero-order valence-electron chi connectivity index (χ0n) is 9.84. The van der Waals surface area contributed by atoms with E-state index in [1.165, 1.54) is 25.9 Å². The topological polar surface area (TPSA) is 40.8 Å². The lowest BCUT2D eigenvalue weighted by molar-refractivity contribution is 0.340. The molecule has 1 fully saturated rings. The van der Waals surface area contributed by atoms with Crippen LogP contribution in [-0.4, -0.2) is 39.0 Å². The average molecular weight is 231 g/mol. The van der Waals surface area contributed by atoms with Gasteiger partial charge in [0.05, 0.1) is 11.7 Å². The van der Waals surface area contributed by atoms with Gasteiger partial charge in [0.25, 0.3) is 0 Å². The number of hydrogen-bond acceptors (Lipinski definition) is 3. The molecule has 1 aliphatic heterocycles. The van der Waals surface area contributed by atoms with Crippen molar-refractivity contribution in [3.8, 4) is 5.75 Å². The van der Waals surface area contributed by atoms with Crippen LogP contribution in [0.2, 0.25) is 0 Å². The molecule has 0 radical (unpaired) electrons. The van der Waals surface area contributed by atoms with Gasteiger partial charge in [0.1, 0.15) is 11.6 Å². The zero-order chi connectivity index (χ0) is 11.7. The summed E-state index contributed by atoms with van der Waals surface area (Å²) in [5, 5.41) is 9.39. The van der Waals surface area contributed by atoms with Crippen molar-refractivity contribution in [2.45, 2.75) is 19.3 Å². The quantitative estimate of drug-likeness (QED) is 0.873. The van der Waals surface area contributed by atoms with Gasteiger partial charge in [-0.05, 0) is 32.0 Å². The highest BCUT2D eigenvalue weighted by Crippen LogP contribution is 2.15. The van der Waals surface area contributed by atoms with E-state index in [-0.39, 0.29) is 0 Å². The molecule has 4 nitrogen and oxygen atoms in total. The average Bonchev–Trinajstić information content (AvgIpc) is 2.94. The lowest BCUT2D eigenvalue weighted by Gasteiger charge is -2.13. The van der Waals surface area contributed by atoms with Crippen molar-refractivity contribution in [2.75, 3.05) is 19.6 Å². The molecule has 0 spiro atoms. The first-order valence-corrected chi connectivity index (χ1v) is 6.20. The fourth-order valence-corrected chi connectivity index (χ4v) is 2.49. The number of fused-ring (bicyclic) bond motifs is 1. The molecule has 4 heteroatoms. The number of hydrogen-bond donors (Lipinski definition) is 1. The highest BCUT2D eigenvalue weighted by Gasteiger charge is 2.12. The standard InChI is InChI=1S/C13H17N3O/c17-12-3-8-16-11(9-12)10-14-13(16)4-7-15-5-1-2-6-15/h3,8-10,17H,1-2,4-7H2. The van der Waals surface area contributed by atoms with Gasteiger partial charge in [-0.2, -0.15) is 0 Å². The minimum Gasteiger partial charge on any atom is -0.508 e. The van der Waals surface area contributed by atoms with Crippen LogP contribution >= 0.6 is 0 Å². The van der Waals surface area contributed by atoms with Crippen molar-refractivity contribution >= 4 is 5.52 Å². The Balaban J connectivity index is 1.76. The Hall–Kier alpha value is -1.55. The molecular weight excluding hydrogens is 214 g/mol. The van der Waals surface area contributed by atoms with E-state index < -0.39 is 0 Å². The lowest BCUT2D eigenvalue weighted by atomic mass is 10.3. The number of aromatic hydroxyl groups is 1. The van der Waals surface area contributed by atoms with Gasteiger partial charge in [0.15, 0.2) is 0 Å². The molecule has 2 aromatic heterocycles. The van der Waals surface area contributed by atoms with Gasteiger partial charge in [-0.15, -0.1) is 0 Å². The molecule has 0 unspecified atom stereocenters. The smallest absolute Gasteiger partial charge is 0.119 e. The van der Waals surface area contributed by atoms with Crippen LogP contribution in [0, 0.1) is 0 Å². The SMILES string of the molecule is Oc1ccn2c(CCN3CCCC3)ncc2c1. The van der Waals surface area contributed by atoms with Gasteiger partial charge < -0.3 is 14.4 Å². The van der Waals surface area contributed by atoms with Gasteiger partial charge in [0.2, 0.25) is 0 Å². The molecule has 90 valence electrons. The van der Waals surface area contributed by atoms with Crippen LogP contribution in [0.4, 0.5) is 0 Å². The van der Waals surface area contributed by atoms with Crippen LogP contribution in [0.3, 0.4) is 0 Å². The molecular formula is C13H17N3O. The van der Waals surface area contributed by atoms with Gasteiger partial charge in [-0.25, -0.2) is 4.98 Å². The second kappa shape index (κ2) is 4.37. The molecule has 0 amide bonds. The molecule has 0 atom stereocenters.